The quantitative estimate of drug-likeness (QED) is 0.823. The van der Waals surface area contributed by atoms with Crippen LogP contribution < -0.4 is 11.1 Å². The lowest BCUT2D eigenvalue weighted by Crippen LogP contribution is -2.41. The van der Waals surface area contributed by atoms with Crippen molar-refractivity contribution >= 4 is 40.9 Å². The number of nitrogens with one attached hydrogen (secondary N) is 1. The molecular formula is C10H10Cl2N4O. The minimum absolute atomic E-state index is 0.225. The molecule has 1 aliphatic heterocycles. The van der Waals surface area contributed by atoms with Crippen LogP contribution in [0.5, 0.6) is 0 Å². The van der Waals surface area contributed by atoms with E-state index in [2.05, 4.69) is 10.3 Å². The molecule has 0 aromatic heterocycles. The van der Waals surface area contributed by atoms with Crippen LogP contribution in [-0.4, -0.2) is 30.0 Å². The van der Waals surface area contributed by atoms with Gasteiger partial charge in [0.2, 0.25) is 0 Å². The molecule has 0 unspecified atom stereocenters. The second-order valence-corrected chi connectivity index (χ2v) is 4.26. The third-order valence-corrected chi connectivity index (χ3v) is 3.03. The third kappa shape index (κ3) is 2.62. The number of carbonyl (C=O) groups excluding carboxylic acids is 1. The normalized spacial score (nSPS) is 14.7. The van der Waals surface area contributed by atoms with Crippen LogP contribution in [0.4, 0.5) is 10.5 Å². The van der Waals surface area contributed by atoms with E-state index in [-0.39, 0.29) is 12.0 Å². The van der Waals surface area contributed by atoms with Gasteiger partial charge in [-0.3, -0.25) is 9.89 Å². The summed E-state index contributed by atoms with van der Waals surface area (Å²) in [6.45, 7) is 1.01. The second-order valence-electron chi connectivity index (χ2n) is 3.45. The first-order valence-electron chi connectivity index (χ1n) is 4.91. The zero-order valence-electron chi connectivity index (χ0n) is 8.78. The molecule has 3 N–H and O–H groups in total. The van der Waals surface area contributed by atoms with Gasteiger partial charge in [-0.25, -0.2) is 4.79 Å². The fraction of sp³-hybridized carbons (Fsp3) is 0.200. The molecule has 2 amide bonds. The lowest BCUT2D eigenvalue weighted by atomic mass is 10.3. The highest BCUT2D eigenvalue weighted by atomic mass is 35.5. The summed E-state index contributed by atoms with van der Waals surface area (Å²) in [7, 11) is 0. The Kier molecular flexibility index (Phi) is 3.40. The molecular weight excluding hydrogens is 263 g/mol. The number of aliphatic imine (C=N–C) groups is 1. The molecule has 1 aliphatic rings. The number of rotatable bonds is 1. The van der Waals surface area contributed by atoms with E-state index in [1.165, 1.54) is 4.90 Å². The maximum atomic E-state index is 11.8. The molecule has 1 heterocycles. The van der Waals surface area contributed by atoms with Gasteiger partial charge < -0.3 is 11.1 Å². The second kappa shape index (κ2) is 4.81. The van der Waals surface area contributed by atoms with Crippen molar-refractivity contribution < 1.29 is 4.79 Å². The smallest absolute Gasteiger partial charge is 0.328 e. The molecule has 0 bridgehead atoms. The van der Waals surface area contributed by atoms with E-state index in [4.69, 9.17) is 28.9 Å². The lowest BCUT2D eigenvalue weighted by molar-refractivity contribution is 0.236. The van der Waals surface area contributed by atoms with E-state index in [1.807, 2.05) is 0 Å². The van der Waals surface area contributed by atoms with Crippen molar-refractivity contribution in [2.75, 3.05) is 18.4 Å². The molecule has 0 aliphatic carbocycles. The Labute approximate surface area is 108 Å². The van der Waals surface area contributed by atoms with E-state index in [0.29, 0.717) is 28.8 Å². The molecule has 1 aromatic rings. The van der Waals surface area contributed by atoms with Gasteiger partial charge in [0.25, 0.3) is 0 Å². The number of nitrogens with two attached hydrogens (primary N) is 1. The Hall–Kier alpha value is -1.46. The van der Waals surface area contributed by atoms with Crippen LogP contribution in [0, 0.1) is 0 Å². The standard InChI is InChI=1S/C10H10Cl2N4O/c11-7-2-1-6(5-8(7)12)15-10(17)16-4-3-14-9(16)13/h1-2,5H,3-4H2,(H2,13,14)(H,15,17). The summed E-state index contributed by atoms with van der Waals surface area (Å²) < 4.78 is 0. The van der Waals surface area contributed by atoms with Crippen molar-refractivity contribution in [3.63, 3.8) is 0 Å². The number of amides is 2. The molecule has 5 nitrogen and oxygen atoms in total. The largest absolute Gasteiger partial charge is 0.369 e. The number of urea groups is 1. The summed E-state index contributed by atoms with van der Waals surface area (Å²) in [5.74, 6) is 0.225. The minimum atomic E-state index is -0.331. The van der Waals surface area contributed by atoms with Crippen LogP contribution in [0.1, 0.15) is 0 Å². The van der Waals surface area contributed by atoms with Gasteiger partial charge in [0.1, 0.15) is 0 Å². The molecule has 2 rings (SSSR count). The van der Waals surface area contributed by atoms with Crippen LogP contribution >= 0.6 is 23.2 Å². The molecule has 90 valence electrons. The zero-order chi connectivity index (χ0) is 12.4. The molecule has 0 saturated heterocycles. The van der Waals surface area contributed by atoms with Crippen molar-refractivity contribution in [2.45, 2.75) is 0 Å². The van der Waals surface area contributed by atoms with Crippen LogP contribution in [0.25, 0.3) is 0 Å². The van der Waals surface area contributed by atoms with E-state index >= 15 is 0 Å². The third-order valence-electron chi connectivity index (χ3n) is 2.29. The van der Waals surface area contributed by atoms with Crippen molar-refractivity contribution in [3.8, 4) is 0 Å². The monoisotopic (exact) mass is 272 g/mol. The predicted octanol–water partition coefficient (Wildman–Crippen LogP) is 2.16. The first-order valence-corrected chi connectivity index (χ1v) is 5.67. The summed E-state index contributed by atoms with van der Waals surface area (Å²) in [6, 6.07) is 4.52. The van der Waals surface area contributed by atoms with Gasteiger partial charge in [-0.15, -0.1) is 0 Å². The Bertz CT molecular complexity index is 489. The Balaban J connectivity index is 2.08. The maximum absolute atomic E-state index is 11.8. The van der Waals surface area contributed by atoms with Gasteiger partial charge in [0.05, 0.1) is 23.1 Å². The fourth-order valence-electron chi connectivity index (χ4n) is 1.43. The molecule has 0 fully saturated rings. The van der Waals surface area contributed by atoms with Gasteiger partial charge in [-0.05, 0) is 18.2 Å². The van der Waals surface area contributed by atoms with E-state index in [1.54, 1.807) is 18.2 Å². The van der Waals surface area contributed by atoms with Crippen LogP contribution in [0.3, 0.4) is 0 Å². The Morgan fingerprint density at radius 3 is 2.76 bits per heavy atom. The number of guanidine groups is 1. The van der Waals surface area contributed by atoms with Crippen LogP contribution in [-0.2, 0) is 0 Å². The number of hydrogen-bond acceptors (Lipinski definition) is 3. The number of benzene rings is 1. The van der Waals surface area contributed by atoms with Crippen LogP contribution in [0.2, 0.25) is 10.0 Å². The Morgan fingerprint density at radius 1 is 1.41 bits per heavy atom. The number of anilines is 1. The van der Waals surface area contributed by atoms with E-state index in [0.717, 1.165) is 0 Å². The average Bonchev–Trinajstić information content (AvgIpc) is 2.70. The lowest BCUT2D eigenvalue weighted by Gasteiger charge is -2.16. The molecule has 17 heavy (non-hydrogen) atoms. The molecule has 0 atom stereocenters. The fourth-order valence-corrected chi connectivity index (χ4v) is 1.73. The number of halogens is 2. The van der Waals surface area contributed by atoms with Gasteiger partial charge >= 0.3 is 6.03 Å². The highest BCUT2D eigenvalue weighted by molar-refractivity contribution is 6.42. The molecule has 1 aromatic carbocycles. The maximum Gasteiger partial charge on any atom is 0.328 e. The molecule has 0 radical (unpaired) electrons. The number of carbonyl (C=O) groups is 1. The topological polar surface area (TPSA) is 70.7 Å². The summed E-state index contributed by atoms with van der Waals surface area (Å²) in [6.07, 6.45) is 0. The van der Waals surface area contributed by atoms with Gasteiger partial charge in [0, 0.05) is 5.69 Å². The average molecular weight is 273 g/mol. The van der Waals surface area contributed by atoms with Crippen molar-refractivity contribution in [1.29, 1.82) is 0 Å². The van der Waals surface area contributed by atoms with Crippen molar-refractivity contribution in [2.24, 2.45) is 10.7 Å². The van der Waals surface area contributed by atoms with Gasteiger partial charge in [-0.2, -0.15) is 0 Å². The highest BCUT2D eigenvalue weighted by Crippen LogP contribution is 2.25. The van der Waals surface area contributed by atoms with Crippen molar-refractivity contribution in [1.82, 2.24) is 4.90 Å². The Morgan fingerprint density at radius 2 is 2.18 bits per heavy atom. The van der Waals surface area contributed by atoms with Crippen molar-refractivity contribution in [3.05, 3.63) is 28.2 Å². The first kappa shape index (κ1) is 12.0. The van der Waals surface area contributed by atoms with Gasteiger partial charge in [0.15, 0.2) is 5.96 Å². The molecule has 0 saturated carbocycles. The number of nitrogens with zero attached hydrogens (tertiary/aromatic N) is 2. The highest BCUT2D eigenvalue weighted by Gasteiger charge is 2.21. The summed E-state index contributed by atoms with van der Waals surface area (Å²) in [5, 5.41) is 3.48. The van der Waals surface area contributed by atoms with E-state index in [9.17, 15) is 4.79 Å². The first-order chi connectivity index (χ1) is 8.08. The molecule has 0 spiro atoms. The molecule has 7 heteroatoms. The summed E-state index contributed by atoms with van der Waals surface area (Å²) in [5.41, 5.74) is 6.11. The zero-order valence-corrected chi connectivity index (χ0v) is 10.3. The minimum Gasteiger partial charge on any atom is -0.369 e. The number of hydrogen-bond donors (Lipinski definition) is 2. The van der Waals surface area contributed by atoms with E-state index < -0.39 is 0 Å². The van der Waals surface area contributed by atoms with Gasteiger partial charge in [-0.1, -0.05) is 23.2 Å². The summed E-state index contributed by atoms with van der Waals surface area (Å²) in [4.78, 5) is 17.1. The van der Waals surface area contributed by atoms with Crippen LogP contribution in [0.15, 0.2) is 23.2 Å². The predicted molar refractivity (Wildman–Crippen MR) is 68.7 cm³/mol. The SMILES string of the molecule is NC1=NCCN1C(=O)Nc1ccc(Cl)c(Cl)c1. The summed E-state index contributed by atoms with van der Waals surface area (Å²) >= 11 is 11.6.